The van der Waals surface area contributed by atoms with E-state index < -0.39 is 0 Å². The highest BCUT2D eigenvalue weighted by atomic mass is 32.1. The van der Waals surface area contributed by atoms with Gasteiger partial charge < -0.3 is 0 Å². The third-order valence-corrected chi connectivity index (χ3v) is 6.18. The molecule has 0 fully saturated rings. The maximum Gasteiger partial charge on any atom is 0.0360 e. The van der Waals surface area contributed by atoms with Crippen LogP contribution in [0.5, 0.6) is 0 Å². The molecule has 0 N–H and O–H groups in total. The molecule has 0 aliphatic heterocycles. The number of hydrogen-bond acceptors (Lipinski definition) is 1. The Balaban J connectivity index is 2.17. The van der Waals surface area contributed by atoms with Gasteiger partial charge in [0, 0.05) is 15.0 Å². The zero-order valence-corrected chi connectivity index (χ0v) is 15.5. The minimum Gasteiger partial charge on any atom is -0.140 e. The fourth-order valence-electron chi connectivity index (χ4n) is 3.55. The summed E-state index contributed by atoms with van der Waals surface area (Å²) in [6.07, 6.45) is 0. The highest BCUT2D eigenvalue weighted by Gasteiger charge is 2.15. The van der Waals surface area contributed by atoms with Crippen molar-refractivity contribution >= 4 is 32.2 Å². The first-order chi connectivity index (χ1) is 11.6. The van der Waals surface area contributed by atoms with Crippen molar-refractivity contribution in [3.8, 4) is 11.1 Å². The Bertz CT molecular complexity index is 1050. The van der Waals surface area contributed by atoms with Gasteiger partial charge in [0.25, 0.3) is 0 Å². The fourth-order valence-corrected chi connectivity index (χ4v) is 4.67. The Morgan fingerprint density at radius 3 is 2.46 bits per heavy atom. The van der Waals surface area contributed by atoms with Gasteiger partial charge in [-0.3, -0.25) is 0 Å². The minimum atomic E-state index is 0.542. The van der Waals surface area contributed by atoms with Gasteiger partial charge in [-0.2, -0.15) is 0 Å². The molecule has 0 atom stereocenters. The van der Waals surface area contributed by atoms with E-state index in [1.807, 2.05) is 11.3 Å². The zero-order chi connectivity index (χ0) is 16.8. The third-order valence-electron chi connectivity index (χ3n) is 5.02. The summed E-state index contributed by atoms with van der Waals surface area (Å²) in [5.41, 5.74) is 5.56. The molecular weight excluding hydrogens is 308 g/mol. The number of aryl methyl sites for hydroxylation is 2. The van der Waals surface area contributed by atoms with Gasteiger partial charge in [0.1, 0.15) is 0 Å². The average Bonchev–Trinajstić information content (AvgIpc) is 2.87. The molecule has 24 heavy (non-hydrogen) atoms. The lowest BCUT2D eigenvalue weighted by molar-refractivity contribution is 0.867. The van der Waals surface area contributed by atoms with Crippen LogP contribution in [0, 0.1) is 13.8 Å². The van der Waals surface area contributed by atoms with Gasteiger partial charge in [-0.1, -0.05) is 62.4 Å². The highest BCUT2D eigenvalue weighted by molar-refractivity contribution is 7.19. The Labute approximate surface area is 147 Å². The van der Waals surface area contributed by atoms with Gasteiger partial charge in [0.05, 0.1) is 0 Å². The van der Waals surface area contributed by atoms with Gasteiger partial charge in [-0.05, 0) is 58.9 Å². The lowest BCUT2D eigenvalue weighted by atomic mass is 9.91. The molecule has 0 saturated heterocycles. The lowest BCUT2D eigenvalue weighted by Gasteiger charge is -2.13. The normalized spacial score (nSPS) is 11.7. The Morgan fingerprint density at radius 1 is 0.875 bits per heavy atom. The van der Waals surface area contributed by atoms with E-state index in [2.05, 4.69) is 82.3 Å². The minimum absolute atomic E-state index is 0.542. The lowest BCUT2D eigenvalue weighted by Crippen LogP contribution is -1.90. The molecule has 0 bridgehead atoms. The van der Waals surface area contributed by atoms with Crippen LogP contribution in [-0.4, -0.2) is 0 Å². The van der Waals surface area contributed by atoms with Crippen LogP contribution in [0.4, 0.5) is 0 Å². The first-order valence-corrected chi connectivity index (χ1v) is 9.39. The van der Waals surface area contributed by atoms with Gasteiger partial charge in [0.15, 0.2) is 0 Å². The van der Waals surface area contributed by atoms with Gasteiger partial charge in [0.2, 0.25) is 0 Å². The van der Waals surface area contributed by atoms with Crippen molar-refractivity contribution in [2.24, 2.45) is 0 Å². The van der Waals surface area contributed by atoms with E-state index in [4.69, 9.17) is 0 Å². The van der Waals surface area contributed by atoms with Crippen LogP contribution in [0.25, 0.3) is 32.0 Å². The molecule has 0 nitrogen and oxygen atoms in total. The van der Waals surface area contributed by atoms with Gasteiger partial charge >= 0.3 is 0 Å². The summed E-state index contributed by atoms with van der Waals surface area (Å²) in [5, 5.41) is 4.11. The largest absolute Gasteiger partial charge is 0.140 e. The summed E-state index contributed by atoms with van der Waals surface area (Å²) in [6.45, 7) is 9.02. The summed E-state index contributed by atoms with van der Waals surface area (Å²) in [5.74, 6) is 0.542. The van der Waals surface area contributed by atoms with Crippen LogP contribution in [0.15, 0.2) is 54.6 Å². The van der Waals surface area contributed by atoms with E-state index >= 15 is 0 Å². The topological polar surface area (TPSA) is 0 Å². The predicted molar refractivity (Wildman–Crippen MR) is 108 cm³/mol. The van der Waals surface area contributed by atoms with Crippen molar-refractivity contribution in [2.45, 2.75) is 33.6 Å². The molecule has 1 heteroatoms. The number of thiophene rings is 1. The van der Waals surface area contributed by atoms with Crippen LogP contribution >= 0.6 is 11.3 Å². The summed E-state index contributed by atoms with van der Waals surface area (Å²) in [6, 6.07) is 20.2. The smallest absolute Gasteiger partial charge is 0.0360 e. The van der Waals surface area contributed by atoms with Crippen LogP contribution in [0.3, 0.4) is 0 Å². The zero-order valence-electron chi connectivity index (χ0n) is 14.7. The van der Waals surface area contributed by atoms with Crippen molar-refractivity contribution in [1.82, 2.24) is 0 Å². The second-order valence-corrected chi connectivity index (χ2v) is 8.17. The second-order valence-electron chi connectivity index (χ2n) is 6.91. The summed E-state index contributed by atoms with van der Waals surface area (Å²) < 4.78 is 1.40. The monoisotopic (exact) mass is 330 g/mol. The Kier molecular flexibility index (Phi) is 3.69. The van der Waals surface area contributed by atoms with Crippen molar-refractivity contribution in [1.29, 1.82) is 0 Å². The van der Waals surface area contributed by atoms with Crippen LogP contribution < -0.4 is 0 Å². The molecule has 0 aliphatic rings. The number of fused-ring (bicyclic) bond motifs is 2. The van der Waals surface area contributed by atoms with Gasteiger partial charge in [-0.25, -0.2) is 0 Å². The van der Waals surface area contributed by atoms with E-state index in [-0.39, 0.29) is 0 Å². The Morgan fingerprint density at radius 2 is 1.67 bits per heavy atom. The summed E-state index contributed by atoms with van der Waals surface area (Å²) >= 11 is 1.91. The van der Waals surface area contributed by atoms with Crippen molar-refractivity contribution in [3.05, 3.63) is 70.6 Å². The van der Waals surface area contributed by atoms with E-state index in [0.29, 0.717) is 5.92 Å². The van der Waals surface area contributed by atoms with Crippen molar-refractivity contribution in [2.75, 3.05) is 0 Å². The first kappa shape index (κ1) is 15.4. The van der Waals surface area contributed by atoms with Crippen LogP contribution in [0.2, 0.25) is 0 Å². The molecule has 0 aliphatic carbocycles. The van der Waals surface area contributed by atoms with Gasteiger partial charge in [-0.15, -0.1) is 11.3 Å². The average molecular weight is 330 g/mol. The number of rotatable bonds is 2. The maximum atomic E-state index is 2.37. The maximum absolute atomic E-state index is 2.37. The molecule has 4 aromatic rings. The quantitative estimate of drug-likeness (QED) is 0.358. The van der Waals surface area contributed by atoms with Crippen LogP contribution in [-0.2, 0) is 0 Å². The second kappa shape index (κ2) is 5.75. The molecule has 0 amide bonds. The summed E-state index contributed by atoms with van der Waals surface area (Å²) in [7, 11) is 0. The predicted octanol–water partition coefficient (Wildman–Crippen LogP) is 7.46. The molecule has 4 rings (SSSR count). The van der Waals surface area contributed by atoms with E-state index in [1.165, 1.54) is 48.0 Å². The Hall–Kier alpha value is -2.12. The highest BCUT2D eigenvalue weighted by Crippen LogP contribution is 2.42. The SMILES string of the molecule is Cc1sc2cc3ccccc3c(-c3cccc(C(C)C)c3)c2c1C. The molecule has 3 aromatic carbocycles. The van der Waals surface area contributed by atoms with E-state index in [1.54, 1.807) is 0 Å². The fraction of sp³-hybridized carbons (Fsp3) is 0.217. The molecule has 0 radical (unpaired) electrons. The number of benzene rings is 3. The van der Waals surface area contributed by atoms with Crippen LogP contribution in [0.1, 0.15) is 35.8 Å². The summed E-state index contributed by atoms with van der Waals surface area (Å²) in [4.78, 5) is 1.42. The molecule has 0 unspecified atom stereocenters. The third kappa shape index (κ3) is 2.35. The molecule has 1 aromatic heterocycles. The molecule has 120 valence electrons. The first-order valence-electron chi connectivity index (χ1n) is 8.58. The molecular formula is C23H22S. The standard InChI is InChI=1S/C23H22S/c1-14(2)17-9-7-10-19(12-17)23-20-11-6-5-8-18(20)13-21-22(23)15(3)16(4)24-21/h5-14H,1-4H3. The van der Waals surface area contributed by atoms with E-state index in [0.717, 1.165) is 0 Å². The van der Waals surface area contributed by atoms with Crippen molar-refractivity contribution in [3.63, 3.8) is 0 Å². The van der Waals surface area contributed by atoms with E-state index in [9.17, 15) is 0 Å². The molecule has 0 spiro atoms. The number of hydrogen-bond donors (Lipinski definition) is 0. The molecule has 1 heterocycles. The van der Waals surface area contributed by atoms with Crippen molar-refractivity contribution < 1.29 is 0 Å². The molecule has 0 saturated carbocycles.